The molecule has 0 unspecified atom stereocenters. The Labute approximate surface area is 148 Å². The molecule has 0 saturated heterocycles. The summed E-state index contributed by atoms with van der Waals surface area (Å²) in [6.07, 6.45) is 1.03. The number of rotatable bonds is 6. The van der Waals surface area contributed by atoms with E-state index in [2.05, 4.69) is 5.32 Å². The minimum absolute atomic E-state index is 0.0822. The second-order valence-electron chi connectivity index (χ2n) is 5.87. The van der Waals surface area contributed by atoms with Gasteiger partial charge in [-0.3, -0.25) is 9.10 Å². The molecule has 8 heteroatoms. The van der Waals surface area contributed by atoms with Crippen molar-refractivity contribution < 1.29 is 13.2 Å². The molecule has 0 spiro atoms. The van der Waals surface area contributed by atoms with Gasteiger partial charge in [-0.05, 0) is 38.0 Å². The quantitative estimate of drug-likeness (QED) is 0.822. The molecular formula is C15H22Cl2N2O3S. The summed E-state index contributed by atoms with van der Waals surface area (Å²) in [6.45, 7) is 7.32. The van der Waals surface area contributed by atoms with E-state index in [1.54, 1.807) is 6.07 Å². The lowest BCUT2D eigenvalue weighted by Gasteiger charge is -2.30. The van der Waals surface area contributed by atoms with Crippen LogP contribution in [0.25, 0.3) is 0 Å². The van der Waals surface area contributed by atoms with Gasteiger partial charge in [0.1, 0.15) is 6.04 Å². The van der Waals surface area contributed by atoms with Gasteiger partial charge in [-0.25, -0.2) is 8.42 Å². The summed E-state index contributed by atoms with van der Waals surface area (Å²) in [5, 5.41) is 3.35. The van der Waals surface area contributed by atoms with Crippen molar-refractivity contribution in [2.24, 2.45) is 5.92 Å². The summed E-state index contributed by atoms with van der Waals surface area (Å²) >= 11 is 12.0. The van der Waals surface area contributed by atoms with Gasteiger partial charge in [-0.2, -0.15) is 0 Å². The number of halogens is 2. The minimum Gasteiger partial charge on any atom is -0.352 e. The number of amides is 1. The molecule has 0 aromatic heterocycles. The molecule has 1 rings (SSSR count). The van der Waals surface area contributed by atoms with Gasteiger partial charge in [0.15, 0.2) is 0 Å². The monoisotopic (exact) mass is 380 g/mol. The molecule has 0 heterocycles. The van der Waals surface area contributed by atoms with E-state index in [4.69, 9.17) is 23.2 Å². The van der Waals surface area contributed by atoms with Crippen LogP contribution in [0.2, 0.25) is 10.0 Å². The lowest BCUT2D eigenvalue weighted by Crippen LogP contribution is -2.50. The molecule has 0 aliphatic carbocycles. The number of nitrogens with one attached hydrogen (secondary N) is 1. The SMILES string of the molecule is CC(C)[C@@H](C)NC(=O)[C@@H](C)N(c1cc(Cl)ccc1Cl)S(C)(=O)=O. The maximum absolute atomic E-state index is 12.4. The lowest BCUT2D eigenvalue weighted by atomic mass is 10.1. The third kappa shape index (κ3) is 5.26. The van der Waals surface area contributed by atoms with E-state index < -0.39 is 22.0 Å². The highest BCUT2D eigenvalue weighted by molar-refractivity contribution is 7.92. The molecule has 0 radical (unpaired) electrons. The second-order valence-corrected chi connectivity index (χ2v) is 8.57. The first kappa shape index (κ1) is 20.1. The molecule has 0 fully saturated rings. The number of anilines is 1. The smallest absolute Gasteiger partial charge is 0.243 e. The zero-order valence-electron chi connectivity index (χ0n) is 13.8. The van der Waals surface area contributed by atoms with Crippen molar-refractivity contribution in [3.63, 3.8) is 0 Å². The number of hydrogen-bond donors (Lipinski definition) is 1. The van der Waals surface area contributed by atoms with Crippen LogP contribution >= 0.6 is 23.2 Å². The van der Waals surface area contributed by atoms with Crippen LogP contribution in [0.15, 0.2) is 18.2 Å². The molecule has 1 aromatic rings. The van der Waals surface area contributed by atoms with Crippen LogP contribution in [0.3, 0.4) is 0 Å². The molecular weight excluding hydrogens is 359 g/mol. The Morgan fingerprint density at radius 1 is 1.17 bits per heavy atom. The fourth-order valence-corrected chi connectivity index (χ4v) is 3.55. The zero-order valence-corrected chi connectivity index (χ0v) is 16.1. The van der Waals surface area contributed by atoms with Crippen molar-refractivity contribution in [2.75, 3.05) is 10.6 Å². The van der Waals surface area contributed by atoms with E-state index in [9.17, 15) is 13.2 Å². The van der Waals surface area contributed by atoms with Gasteiger partial charge in [0.25, 0.3) is 0 Å². The molecule has 0 aliphatic heterocycles. The standard InChI is InChI=1S/C15H22Cl2N2O3S/c1-9(2)10(3)18-15(20)11(4)19(23(5,21)22)14-8-12(16)6-7-13(14)17/h6-11H,1-5H3,(H,18,20)/t10-,11-/m1/s1. The van der Waals surface area contributed by atoms with Crippen LogP contribution in [-0.4, -0.2) is 32.7 Å². The Morgan fingerprint density at radius 2 is 1.74 bits per heavy atom. The number of carbonyl (C=O) groups excluding carboxylic acids is 1. The van der Waals surface area contributed by atoms with Crippen LogP contribution in [0.4, 0.5) is 5.69 Å². The van der Waals surface area contributed by atoms with Gasteiger partial charge in [0.05, 0.1) is 17.0 Å². The van der Waals surface area contributed by atoms with Crippen LogP contribution in [0.1, 0.15) is 27.7 Å². The van der Waals surface area contributed by atoms with E-state index in [0.29, 0.717) is 5.02 Å². The van der Waals surface area contributed by atoms with Crippen molar-refractivity contribution in [1.82, 2.24) is 5.32 Å². The van der Waals surface area contributed by atoms with E-state index in [1.807, 2.05) is 20.8 Å². The number of hydrogen-bond acceptors (Lipinski definition) is 3. The average molecular weight is 381 g/mol. The van der Waals surface area contributed by atoms with Gasteiger partial charge in [-0.1, -0.05) is 37.0 Å². The van der Waals surface area contributed by atoms with Gasteiger partial charge >= 0.3 is 0 Å². The van der Waals surface area contributed by atoms with E-state index in [-0.39, 0.29) is 22.7 Å². The molecule has 5 nitrogen and oxygen atoms in total. The first-order chi connectivity index (χ1) is 10.4. The Balaban J connectivity index is 3.23. The summed E-state index contributed by atoms with van der Waals surface area (Å²) in [4.78, 5) is 12.4. The highest BCUT2D eigenvalue weighted by Gasteiger charge is 2.31. The molecule has 0 bridgehead atoms. The maximum atomic E-state index is 12.4. The van der Waals surface area contributed by atoms with Crippen LogP contribution in [-0.2, 0) is 14.8 Å². The highest BCUT2D eigenvalue weighted by Crippen LogP contribution is 2.32. The summed E-state index contributed by atoms with van der Waals surface area (Å²) in [5.74, 6) is -0.166. The normalized spacial score (nSPS) is 14.4. The van der Waals surface area contributed by atoms with Gasteiger partial charge in [0.2, 0.25) is 15.9 Å². The second kappa shape index (κ2) is 7.73. The lowest BCUT2D eigenvalue weighted by molar-refractivity contribution is -0.122. The molecule has 23 heavy (non-hydrogen) atoms. The molecule has 1 aromatic carbocycles. The summed E-state index contributed by atoms with van der Waals surface area (Å²) in [6, 6.07) is 3.45. The molecule has 0 saturated carbocycles. The Bertz CT molecular complexity index is 677. The number of carbonyl (C=O) groups is 1. The minimum atomic E-state index is -3.73. The van der Waals surface area contributed by atoms with E-state index in [1.165, 1.54) is 19.1 Å². The van der Waals surface area contributed by atoms with Crippen LogP contribution in [0, 0.1) is 5.92 Å². The highest BCUT2D eigenvalue weighted by atomic mass is 35.5. The first-order valence-electron chi connectivity index (χ1n) is 7.20. The molecule has 1 amide bonds. The number of benzene rings is 1. The first-order valence-corrected chi connectivity index (χ1v) is 9.80. The molecule has 0 aliphatic rings. The van der Waals surface area contributed by atoms with Crippen LogP contribution < -0.4 is 9.62 Å². The number of sulfonamides is 1. The molecule has 130 valence electrons. The Hall–Kier alpha value is -0.980. The van der Waals surface area contributed by atoms with Crippen molar-refractivity contribution in [3.05, 3.63) is 28.2 Å². The Kier molecular flexibility index (Phi) is 6.74. The predicted molar refractivity (Wildman–Crippen MR) is 95.7 cm³/mol. The Morgan fingerprint density at radius 3 is 2.22 bits per heavy atom. The van der Waals surface area contributed by atoms with Crippen molar-refractivity contribution >= 4 is 44.8 Å². The molecule has 1 N–H and O–H groups in total. The van der Waals surface area contributed by atoms with Crippen molar-refractivity contribution in [1.29, 1.82) is 0 Å². The summed E-state index contributed by atoms with van der Waals surface area (Å²) in [7, 11) is -3.73. The van der Waals surface area contributed by atoms with Gasteiger partial charge in [-0.15, -0.1) is 0 Å². The van der Waals surface area contributed by atoms with Crippen molar-refractivity contribution in [3.8, 4) is 0 Å². The fraction of sp³-hybridized carbons (Fsp3) is 0.533. The number of nitrogens with zero attached hydrogens (tertiary/aromatic N) is 1. The van der Waals surface area contributed by atoms with Crippen molar-refractivity contribution in [2.45, 2.75) is 39.8 Å². The van der Waals surface area contributed by atoms with Crippen LogP contribution in [0.5, 0.6) is 0 Å². The van der Waals surface area contributed by atoms with Gasteiger partial charge in [0, 0.05) is 11.1 Å². The van der Waals surface area contributed by atoms with E-state index in [0.717, 1.165) is 10.6 Å². The third-order valence-corrected chi connectivity index (χ3v) is 5.39. The fourth-order valence-electron chi connectivity index (χ4n) is 1.95. The third-order valence-electron chi connectivity index (χ3n) is 3.60. The summed E-state index contributed by atoms with van der Waals surface area (Å²) in [5.41, 5.74) is 0.182. The zero-order chi connectivity index (χ0) is 17.9. The predicted octanol–water partition coefficient (Wildman–Crippen LogP) is 3.31. The maximum Gasteiger partial charge on any atom is 0.243 e. The largest absolute Gasteiger partial charge is 0.352 e. The van der Waals surface area contributed by atoms with Gasteiger partial charge < -0.3 is 5.32 Å². The summed E-state index contributed by atoms with van der Waals surface area (Å²) < 4.78 is 25.4. The molecule has 2 atom stereocenters. The van der Waals surface area contributed by atoms with E-state index >= 15 is 0 Å². The average Bonchev–Trinajstić information content (AvgIpc) is 2.40. The topological polar surface area (TPSA) is 66.5 Å².